The Morgan fingerprint density at radius 3 is 1.32 bits per heavy atom. The van der Waals surface area contributed by atoms with Crippen molar-refractivity contribution in [2.24, 2.45) is 0 Å². The second kappa shape index (κ2) is 13.0. The standard InChI is InChI=1S/C13H26N2O4/c1-18-12(16)14-10-8-6-4-3-5-7-9-11-15-13(17)19-2/h3-11H2,1-2H3,(H,14,16)(H,15,17). The first-order chi connectivity index (χ1) is 9.20. The quantitative estimate of drug-likeness (QED) is 0.600. The molecule has 0 saturated carbocycles. The molecule has 0 aliphatic rings. The van der Waals surface area contributed by atoms with E-state index >= 15 is 0 Å². The second-order valence-electron chi connectivity index (χ2n) is 4.31. The van der Waals surface area contributed by atoms with Gasteiger partial charge in [0.05, 0.1) is 14.2 Å². The molecular formula is C13H26N2O4. The fourth-order valence-corrected chi connectivity index (χ4v) is 1.66. The molecule has 0 saturated heterocycles. The summed E-state index contributed by atoms with van der Waals surface area (Å²) in [6.07, 6.45) is 7.01. The van der Waals surface area contributed by atoms with Crippen LogP contribution >= 0.6 is 0 Å². The number of hydrogen-bond donors (Lipinski definition) is 2. The Morgan fingerprint density at radius 2 is 1.00 bits per heavy atom. The first-order valence-electron chi connectivity index (χ1n) is 6.84. The third-order valence-electron chi connectivity index (χ3n) is 2.76. The molecular weight excluding hydrogens is 248 g/mol. The van der Waals surface area contributed by atoms with Crippen molar-refractivity contribution in [3.05, 3.63) is 0 Å². The zero-order valence-corrected chi connectivity index (χ0v) is 12.0. The number of ether oxygens (including phenoxy) is 2. The Hall–Kier alpha value is -1.46. The lowest BCUT2D eigenvalue weighted by Gasteiger charge is -2.04. The average Bonchev–Trinajstić information content (AvgIpc) is 2.43. The lowest BCUT2D eigenvalue weighted by Crippen LogP contribution is -2.24. The van der Waals surface area contributed by atoms with Crippen LogP contribution in [0.2, 0.25) is 0 Å². The van der Waals surface area contributed by atoms with Crippen LogP contribution in [0.15, 0.2) is 0 Å². The van der Waals surface area contributed by atoms with Gasteiger partial charge in [-0.1, -0.05) is 32.1 Å². The average molecular weight is 274 g/mol. The van der Waals surface area contributed by atoms with Gasteiger partial charge in [0.25, 0.3) is 0 Å². The van der Waals surface area contributed by atoms with Crippen molar-refractivity contribution in [2.75, 3.05) is 27.3 Å². The Morgan fingerprint density at radius 1 is 0.684 bits per heavy atom. The van der Waals surface area contributed by atoms with E-state index in [1.807, 2.05) is 0 Å². The topological polar surface area (TPSA) is 76.7 Å². The third kappa shape index (κ3) is 12.8. The molecule has 6 heteroatoms. The van der Waals surface area contributed by atoms with Crippen molar-refractivity contribution >= 4 is 12.2 Å². The number of hydrogen-bond acceptors (Lipinski definition) is 4. The van der Waals surface area contributed by atoms with Crippen molar-refractivity contribution in [3.8, 4) is 0 Å². The summed E-state index contributed by atoms with van der Waals surface area (Å²) in [5.74, 6) is 0. The largest absolute Gasteiger partial charge is 0.453 e. The van der Waals surface area contributed by atoms with Crippen LogP contribution in [0.25, 0.3) is 0 Å². The van der Waals surface area contributed by atoms with E-state index in [4.69, 9.17) is 0 Å². The molecule has 112 valence electrons. The first-order valence-corrected chi connectivity index (χ1v) is 6.84. The molecule has 0 atom stereocenters. The maximum atomic E-state index is 10.7. The van der Waals surface area contributed by atoms with E-state index in [0.717, 1.165) is 25.7 Å². The Labute approximate surface area is 115 Å². The van der Waals surface area contributed by atoms with E-state index in [1.54, 1.807) is 0 Å². The summed E-state index contributed by atoms with van der Waals surface area (Å²) in [7, 11) is 2.73. The molecule has 6 nitrogen and oxygen atoms in total. The zero-order chi connectivity index (χ0) is 14.3. The van der Waals surface area contributed by atoms with Crippen LogP contribution in [0.5, 0.6) is 0 Å². The minimum Gasteiger partial charge on any atom is -0.453 e. The summed E-state index contributed by atoms with van der Waals surface area (Å²) >= 11 is 0. The summed E-state index contributed by atoms with van der Waals surface area (Å²) in [6.45, 7) is 1.35. The molecule has 2 N–H and O–H groups in total. The van der Waals surface area contributed by atoms with Crippen molar-refractivity contribution < 1.29 is 19.1 Å². The minimum atomic E-state index is -0.363. The van der Waals surface area contributed by atoms with Gasteiger partial charge >= 0.3 is 12.2 Å². The molecule has 0 aromatic heterocycles. The number of carbonyl (C=O) groups is 2. The van der Waals surface area contributed by atoms with E-state index in [1.165, 1.54) is 33.5 Å². The van der Waals surface area contributed by atoms with E-state index < -0.39 is 0 Å². The summed E-state index contributed by atoms with van der Waals surface area (Å²) < 4.78 is 8.94. The highest BCUT2D eigenvalue weighted by molar-refractivity contribution is 5.67. The van der Waals surface area contributed by atoms with Gasteiger partial charge < -0.3 is 20.1 Å². The summed E-state index contributed by atoms with van der Waals surface area (Å²) in [4.78, 5) is 21.5. The van der Waals surface area contributed by atoms with Crippen molar-refractivity contribution in [2.45, 2.75) is 44.9 Å². The molecule has 2 amide bonds. The van der Waals surface area contributed by atoms with Gasteiger partial charge in [-0.15, -0.1) is 0 Å². The Bertz CT molecular complexity index is 223. The number of rotatable bonds is 10. The number of alkyl carbamates (subject to hydrolysis) is 2. The van der Waals surface area contributed by atoms with Crippen molar-refractivity contribution in [1.82, 2.24) is 10.6 Å². The van der Waals surface area contributed by atoms with Gasteiger partial charge in [-0.3, -0.25) is 0 Å². The van der Waals surface area contributed by atoms with Crippen LogP contribution in [0, 0.1) is 0 Å². The SMILES string of the molecule is COC(=O)NCCCCCCCCCNC(=O)OC. The minimum absolute atomic E-state index is 0.363. The van der Waals surface area contributed by atoms with Crippen LogP contribution in [0.3, 0.4) is 0 Å². The number of methoxy groups -OCH3 is 2. The summed E-state index contributed by atoms with van der Waals surface area (Å²) in [5, 5.41) is 5.31. The molecule has 0 aromatic rings. The second-order valence-corrected chi connectivity index (χ2v) is 4.31. The summed E-state index contributed by atoms with van der Waals surface area (Å²) in [6, 6.07) is 0. The fourth-order valence-electron chi connectivity index (χ4n) is 1.66. The Kier molecular flexibility index (Phi) is 12.0. The summed E-state index contributed by atoms with van der Waals surface area (Å²) in [5.41, 5.74) is 0. The predicted octanol–water partition coefficient (Wildman–Crippen LogP) is 2.43. The van der Waals surface area contributed by atoms with Crippen LogP contribution in [-0.2, 0) is 9.47 Å². The lowest BCUT2D eigenvalue weighted by molar-refractivity contribution is 0.170. The van der Waals surface area contributed by atoms with Crippen molar-refractivity contribution in [3.63, 3.8) is 0 Å². The third-order valence-corrected chi connectivity index (χ3v) is 2.76. The van der Waals surface area contributed by atoms with Gasteiger partial charge in [-0.2, -0.15) is 0 Å². The van der Waals surface area contributed by atoms with E-state index in [9.17, 15) is 9.59 Å². The molecule has 0 heterocycles. The highest BCUT2D eigenvalue weighted by atomic mass is 16.5. The van der Waals surface area contributed by atoms with Crippen LogP contribution in [-0.4, -0.2) is 39.5 Å². The molecule has 0 fully saturated rings. The van der Waals surface area contributed by atoms with E-state index in [-0.39, 0.29) is 12.2 Å². The van der Waals surface area contributed by atoms with Gasteiger partial charge in [-0.05, 0) is 12.8 Å². The normalized spacial score (nSPS) is 9.79. The number of carbonyl (C=O) groups excluding carboxylic acids is 2. The number of unbranched alkanes of at least 4 members (excludes halogenated alkanes) is 6. The molecule has 0 aliphatic carbocycles. The highest BCUT2D eigenvalue weighted by Gasteiger charge is 1.98. The molecule has 19 heavy (non-hydrogen) atoms. The molecule has 0 aromatic carbocycles. The number of amides is 2. The molecule has 0 radical (unpaired) electrons. The van der Waals surface area contributed by atoms with Gasteiger partial charge in [0.15, 0.2) is 0 Å². The van der Waals surface area contributed by atoms with Crippen molar-refractivity contribution in [1.29, 1.82) is 0 Å². The van der Waals surface area contributed by atoms with Crippen LogP contribution in [0.1, 0.15) is 44.9 Å². The predicted molar refractivity (Wildman–Crippen MR) is 73.1 cm³/mol. The number of nitrogens with one attached hydrogen (secondary N) is 2. The molecule has 0 rings (SSSR count). The molecule has 0 bridgehead atoms. The van der Waals surface area contributed by atoms with Gasteiger partial charge in [0, 0.05) is 13.1 Å². The molecule has 0 unspecified atom stereocenters. The monoisotopic (exact) mass is 274 g/mol. The first kappa shape index (κ1) is 17.5. The maximum Gasteiger partial charge on any atom is 0.406 e. The van der Waals surface area contributed by atoms with E-state index in [2.05, 4.69) is 20.1 Å². The lowest BCUT2D eigenvalue weighted by atomic mass is 10.1. The molecule has 0 spiro atoms. The fraction of sp³-hybridized carbons (Fsp3) is 0.846. The van der Waals surface area contributed by atoms with E-state index in [0.29, 0.717) is 13.1 Å². The van der Waals surface area contributed by atoms with Gasteiger partial charge in [0.1, 0.15) is 0 Å². The van der Waals surface area contributed by atoms with Crippen LogP contribution in [0.4, 0.5) is 9.59 Å². The smallest absolute Gasteiger partial charge is 0.406 e. The van der Waals surface area contributed by atoms with Crippen LogP contribution < -0.4 is 10.6 Å². The highest BCUT2D eigenvalue weighted by Crippen LogP contribution is 2.06. The van der Waals surface area contributed by atoms with Gasteiger partial charge in [-0.25, -0.2) is 9.59 Å². The molecule has 0 aliphatic heterocycles. The maximum absolute atomic E-state index is 10.7. The zero-order valence-electron chi connectivity index (χ0n) is 12.0. The van der Waals surface area contributed by atoms with Gasteiger partial charge in [0.2, 0.25) is 0 Å². The Balaban J connectivity index is 3.07.